The lowest BCUT2D eigenvalue weighted by Crippen LogP contribution is -2.55. The summed E-state index contributed by atoms with van der Waals surface area (Å²) >= 11 is 0. The number of nitrogens with one attached hydrogen (secondary N) is 1. The zero-order valence-corrected chi connectivity index (χ0v) is 14.8. The van der Waals surface area contributed by atoms with Crippen molar-refractivity contribution >= 4 is 5.91 Å². The number of likely N-dealkylation sites (tertiary alicyclic amines) is 1. The zero-order chi connectivity index (χ0) is 16.3. The SMILES string of the molecule is CC(O)C1CC(NC(=O)C(C)(C)C)CN(CC2CCCC2)C1. The minimum absolute atomic E-state index is 0.115. The van der Waals surface area contributed by atoms with Crippen LogP contribution in [0.5, 0.6) is 0 Å². The van der Waals surface area contributed by atoms with Crippen molar-refractivity contribution in [1.29, 1.82) is 0 Å². The molecule has 1 amide bonds. The van der Waals surface area contributed by atoms with Crippen molar-refractivity contribution < 1.29 is 9.90 Å². The first-order chi connectivity index (χ1) is 10.3. The molecule has 0 radical (unpaired) electrons. The van der Waals surface area contributed by atoms with Crippen molar-refractivity contribution in [1.82, 2.24) is 10.2 Å². The number of piperidine rings is 1. The number of carbonyl (C=O) groups is 1. The highest BCUT2D eigenvalue weighted by Gasteiger charge is 2.33. The van der Waals surface area contributed by atoms with Crippen LogP contribution in [0.4, 0.5) is 0 Å². The van der Waals surface area contributed by atoms with E-state index in [1.54, 1.807) is 0 Å². The van der Waals surface area contributed by atoms with Crippen molar-refractivity contribution in [2.24, 2.45) is 17.3 Å². The highest BCUT2D eigenvalue weighted by molar-refractivity contribution is 5.81. The van der Waals surface area contributed by atoms with Crippen LogP contribution in [0, 0.1) is 17.3 Å². The summed E-state index contributed by atoms with van der Waals surface area (Å²) in [4.78, 5) is 14.7. The highest BCUT2D eigenvalue weighted by Crippen LogP contribution is 2.28. The first-order valence-electron chi connectivity index (χ1n) is 8.97. The summed E-state index contributed by atoms with van der Waals surface area (Å²) in [5.74, 6) is 1.19. The van der Waals surface area contributed by atoms with Crippen molar-refractivity contribution in [2.75, 3.05) is 19.6 Å². The first-order valence-corrected chi connectivity index (χ1v) is 8.97. The van der Waals surface area contributed by atoms with Crippen LogP contribution in [0.25, 0.3) is 0 Å². The van der Waals surface area contributed by atoms with Crippen LogP contribution in [0.15, 0.2) is 0 Å². The lowest BCUT2D eigenvalue weighted by molar-refractivity contribution is -0.130. The van der Waals surface area contributed by atoms with E-state index in [-0.39, 0.29) is 29.4 Å². The van der Waals surface area contributed by atoms with Gasteiger partial charge in [0.05, 0.1) is 6.10 Å². The molecule has 0 aromatic heterocycles. The molecule has 1 heterocycles. The minimum Gasteiger partial charge on any atom is -0.393 e. The lowest BCUT2D eigenvalue weighted by Gasteiger charge is -2.41. The quantitative estimate of drug-likeness (QED) is 0.838. The van der Waals surface area contributed by atoms with Crippen LogP contribution >= 0.6 is 0 Å². The fraction of sp³-hybridized carbons (Fsp3) is 0.944. The van der Waals surface area contributed by atoms with Gasteiger partial charge in [-0.25, -0.2) is 0 Å². The second-order valence-electron chi connectivity index (χ2n) is 8.53. The van der Waals surface area contributed by atoms with Crippen molar-refractivity contribution in [3.05, 3.63) is 0 Å². The van der Waals surface area contributed by atoms with Gasteiger partial charge in [-0.15, -0.1) is 0 Å². The number of aliphatic hydroxyl groups excluding tert-OH is 1. The Morgan fingerprint density at radius 2 is 1.91 bits per heavy atom. The molecular formula is C18H34N2O2. The molecule has 2 aliphatic rings. The zero-order valence-electron chi connectivity index (χ0n) is 14.8. The van der Waals surface area contributed by atoms with Gasteiger partial charge in [0, 0.05) is 31.1 Å². The molecule has 3 unspecified atom stereocenters. The summed E-state index contributed by atoms with van der Waals surface area (Å²) in [7, 11) is 0. The summed E-state index contributed by atoms with van der Waals surface area (Å²) in [6, 6.07) is 0.168. The van der Waals surface area contributed by atoms with Gasteiger partial charge in [0.25, 0.3) is 0 Å². The molecule has 0 aromatic rings. The van der Waals surface area contributed by atoms with Gasteiger partial charge in [-0.05, 0) is 38.0 Å². The molecule has 4 heteroatoms. The van der Waals surface area contributed by atoms with Gasteiger partial charge >= 0.3 is 0 Å². The fourth-order valence-electron chi connectivity index (χ4n) is 3.80. The largest absolute Gasteiger partial charge is 0.393 e. The van der Waals surface area contributed by atoms with Crippen LogP contribution in [-0.4, -0.2) is 47.7 Å². The van der Waals surface area contributed by atoms with Gasteiger partial charge in [0.1, 0.15) is 0 Å². The highest BCUT2D eigenvalue weighted by atomic mass is 16.3. The molecule has 0 spiro atoms. The molecule has 2 fully saturated rings. The van der Waals surface area contributed by atoms with Gasteiger partial charge < -0.3 is 15.3 Å². The molecule has 4 nitrogen and oxygen atoms in total. The number of hydrogen-bond donors (Lipinski definition) is 2. The van der Waals surface area contributed by atoms with Crippen molar-refractivity contribution in [3.63, 3.8) is 0 Å². The molecule has 0 aromatic carbocycles. The van der Waals surface area contributed by atoms with Crippen molar-refractivity contribution in [3.8, 4) is 0 Å². The Labute approximate surface area is 135 Å². The second-order valence-corrected chi connectivity index (χ2v) is 8.53. The monoisotopic (exact) mass is 310 g/mol. The maximum absolute atomic E-state index is 12.3. The summed E-state index contributed by atoms with van der Waals surface area (Å²) in [6.45, 7) is 10.8. The van der Waals surface area contributed by atoms with E-state index in [0.29, 0.717) is 0 Å². The normalized spacial score (nSPS) is 29.5. The van der Waals surface area contributed by atoms with E-state index in [0.717, 1.165) is 32.0 Å². The Morgan fingerprint density at radius 3 is 2.45 bits per heavy atom. The van der Waals surface area contributed by atoms with Gasteiger partial charge in [-0.1, -0.05) is 33.6 Å². The molecule has 1 aliphatic carbocycles. The summed E-state index contributed by atoms with van der Waals surface area (Å²) in [5, 5.41) is 13.2. The summed E-state index contributed by atoms with van der Waals surface area (Å²) < 4.78 is 0. The molecule has 0 bridgehead atoms. The standard InChI is InChI=1S/C18H34N2O2/c1-13(21)15-9-16(19-17(22)18(2,3)4)12-20(11-15)10-14-7-5-6-8-14/h13-16,21H,5-12H2,1-4H3,(H,19,22). The number of carbonyl (C=O) groups excluding carboxylic acids is 1. The van der Waals surface area contributed by atoms with Crippen LogP contribution in [0.3, 0.4) is 0 Å². The third-order valence-corrected chi connectivity index (χ3v) is 5.25. The van der Waals surface area contributed by atoms with E-state index in [2.05, 4.69) is 10.2 Å². The van der Waals surface area contributed by atoms with Gasteiger partial charge in [0.15, 0.2) is 0 Å². The Balaban J connectivity index is 1.95. The van der Waals surface area contributed by atoms with Crippen molar-refractivity contribution in [2.45, 2.75) is 71.9 Å². The van der Waals surface area contributed by atoms with Crippen LogP contribution in [0.2, 0.25) is 0 Å². The molecule has 1 saturated carbocycles. The molecule has 1 saturated heterocycles. The third-order valence-electron chi connectivity index (χ3n) is 5.25. The Morgan fingerprint density at radius 1 is 1.27 bits per heavy atom. The maximum Gasteiger partial charge on any atom is 0.225 e. The lowest BCUT2D eigenvalue weighted by atomic mass is 9.88. The molecular weight excluding hydrogens is 276 g/mol. The van der Waals surface area contributed by atoms with Gasteiger partial charge in [-0.2, -0.15) is 0 Å². The van der Waals surface area contributed by atoms with E-state index in [4.69, 9.17) is 0 Å². The van der Waals surface area contributed by atoms with Crippen LogP contribution in [0.1, 0.15) is 59.8 Å². The number of amides is 1. The van der Waals surface area contributed by atoms with Gasteiger partial charge in [0.2, 0.25) is 5.91 Å². The maximum atomic E-state index is 12.3. The molecule has 2 rings (SSSR count). The average molecular weight is 310 g/mol. The van der Waals surface area contributed by atoms with E-state index < -0.39 is 0 Å². The molecule has 22 heavy (non-hydrogen) atoms. The molecule has 2 N–H and O–H groups in total. The fourth-order valence-corrected chi connectivity index (χ4v) is 3.80. The molecule has 1 aliphatic heterocycles. The third kappa shape index (κ3) is 4.95. The number of nitrogens with zero attached hydrogens (tertiary/aromatic N) is 1. The van der Waals surface area contributed by atoms with E-state index in [9.17, 15) is 9.90 Å². The smallest absolute Gasteiger partial charge is 0.225 e. The van der Waals surface area contributed by atoms with E-state index in [1.165, 1.54) is 25.7 Å². The van der Waals surface area contributed by atoms with Crippen LogP contribution < -0.4 is 5.32 Å². The Kier molecular flexibility index (Phi) is 5.89. The number of hydrogen-bond acceptors (Lipinski definition) is 3. The van der Waals surface area contributed by atoms with Crippen LogP contribution in [-0.2, 0) is 4.79 Å². The predicted molar refractivity (Wildman–Crippen MR) is 89.6 cm³/mol. The Bertz CT molecular complexity index is 368. The topological polar surface area (TPSA) is 52.6 Å². The molecule has 128 valence electrons. The second kappa shape index (κ2) is 7.31. The van der Waals surface area contributed by atoms with Gasteiger partial charge in [-0.3, -0.25) is 4.79 Å². The summed E-state index contributed by atoms with van der Waals surface area (Å²) in [6.07, 6.45) is 6.00. The number of aliphatic hydroxyl groups is 1. The molecule has 3 atom stereocenters. The number of rotatable bonds is 4. The predicted octanol–water partition coefficient (Wildman–Crippen LogP) is 2.41. The Hall–Kier alpha value is -0.610. The summed E-state index contributed by atoms with van der Waals surface area (Å²) in [5.41, 5.74) is -0.353. The van der Waals surface area contributed by atoms with E-state index >= 15 is 0 Å². The minimum atomic E-state index is -0.353. The first kappa shape index (κ1) is 17.7. The average Bonchev–Trinajstić information content (AvgIpc) is 2.90. The van der Waals surface area contributed by atoms with E-state index in [1.807, 2.05) is 27.7 Å².